The van der Waals surface area contributed by atoms with Crippen molar-refractivity contribution in [2.45, 2.75) is 38.8 Å². The smallest absolute Gasteiger partial charge is 0.131 e. The highest BCUT2D eigenvalue weighted by Gasteiger charge is 2.29. The largest absolute Gasteiger partial charge is 0.376 e. The SMILES string of the molecule is CCNC(c1cc(C)c(F)cc1F)C1CCCO1. The van der Waals surface area contributed by atoms with E-state index in [0.29, 0.717) is 17.7 Å². The van der Waals surface area contributed by atoms with Gasteiger partial charge >= 0.3 is 0 Å². The molecule has 4 heteroatoms. The number of nitrogens with one attached hydrogen (secondary N) is 1. The second-order valence-electron chi connectivity index (χ2n) is 4.71. The number of hydrogen-bond acceptors (Lipinski definition) is 2. The number of benzene rings is 1. The third-order valence-electron chi connectivity index (χ3n) is 3.37. The topological polar surface area (TPSA) is 21.3 Å². The van der Waals surface area contributed by atoms with E-state index >= 15 is 0 Å². The normalized spacial score (nSPS) is 21.2. The lowest BCUT2D eigenvalue weighted by Gasteiger charge is -2.25. The summed E-state index contributed by atoms with van der Waals surface area (Å²) in [5, 5.41) is 3.24. The average molecular weight is 255 g/mol. The minimum Gasteiger partial charge on any atom is -0.376 e. The van der Waals surface area contributed by atoms with E-state index in [1.807, 2.05) is 6.92 Å². The Morgan fingerprint density at radius 1 is 1.39 bits per heavy atom. The lowest BCUT2D eigenvalue weighted by Crippen LogP contribution is -2.32. The van der Waals surface area contributed by atoms with Crippen molar-refractivity contribution in [3.05, 3.63) is 34.9 Å². The van der Waals surface area contributed by atoms with E-state index in [2.05, 4.69) is 5.32 Å². The highest BCUT2D eigenvalue weighted by atomic mass is 19.1. The minimum absolute atomic E-state index is 0.0238. The molecule has 1 N–H and O–H groups in total. The molecule has 0 aliphatic carbocycles. The minimum atomic E-state index is -0.501. The van der Waals surface area contributed by atoms with Crippen LogP contribution in [0, 0.1) is 18.6 Å². The van der Waals surface area contributed by atoms with Crippen molar-refractivity contribution in [1.82, 2.24) is 5.32 Å². The molecule has 100 valence electrons. The van der Waals surface area contributed by atoms with Gasteiger partial charge in [0.05, 0.1) is 12.1 Å². The Morgan fingerprint density at radius 3 is 2.78 bits per heavy atom. The molecule has 0 saturated carbocycles. The maximum absolute atomic E-state index is 13.9. The standard InChI is InChI=1S/C14H19F2NO/c1-3-17-14(13-5-4-6-18-13)10-7-9(2)11(15)8-12(10)16/h7-8,13-14,17H,3-6H2,1-2H3. The molecular weight excluding hydrogens is 236 g/mol. The molecule has 0 amide bonds. The zero-order valence-corrected chi connectivity index (χ0v) is 10.8. The fourth-order valence-corrected chi connectivity index (χ4v) is 2.44. The van der Waals surface area contributed by atoms with Crippen LogP contribution in [0.25, 0.3) is 0 Å². The van der Waals surface area contributed by atoms with Gasteiger partial charge in [-0.05, 0) is 37.9 Å². The van der Waals surface area contributed by atoms with Crippen molar-refractivity contribution in [2.24, 2.45) is 0 Å². The molecule has 2 atom stereocenters. The molecule has 2 nitrogen and oxygen atoms in total. The van der Waals surface area contributed by atoms with Crippen LogP contribution in [0.3, 0.4) is 0 Å². The van der Waals surface area contributed by atoms with Crippen LogP contribution in [-0.4, -0.2) is 19.3 Å². The fourth-order valence-electron chi connectivity index (χ4n) is 2.44. The molecule has 1 aliphatic heterocycles. The molecule has 2 unspecified atom stereocenters. The van der Waals surface area contributed by atoms with E-state index in [4.69, 9.17) is 4.74 Å². The van der Waals surface area contributed by atoms with Gasteiger partial charge < -0.3 is 10.1 Å². The Kier molecular flexibility index (Phi) is 4.30. The second-order valence-corrected chi connectivity index (χ2v) is 4.71. The van der Waals surface area contributed by atoms with Gasteiger partial charge in [-0.25, -0.2) is 8.78 Å². The Bertz CT molecular complexity index is 417. The maximum Gasteiger partial charge on any atom is 0.131 e. The Hall–Kier alpha value is -1.00. The Labute approximate surface area is 106 Å². The molecule has 1 aromatic rings. The predicted octanol–water partition coefficient (Wildman–Crippen LogP) is 3.10. The third kappa shape index (κ3) is 2.70. The summed E-state index contributed by atoms with van der Waals surface area (Å²) in [5.41, 5.74) is 0.968. The number of ether oxygens (including phenoxy) is 1. The summed E-state index contributed by atoms with van der Waals surface area (Å²) < 4.78 is 32.8. The lowest BCUT2D eigenvalue weighted by molar-refractivity contribution is 0.0776. The lowest BCUT2D eigenvalue weighted by atomic mass is 9.97. The van der Waals surface area contributed by atoms with Gasteiger partial charge in [0.25, 0.3) is 0 Å². The van der Waals surface area contributed by atoms with Crippen LogP contribution in [0.4, 0.5) is 8.78 Å². The number of aryl methyl sites for hydroxylation is 1. The van der Waals surface area contributed by atoms with Crippen molar-refractivity contribution in [1.29, 1.82) is 0 Å². The van der Waals surface area contributed by atoms with Crippen LogP contribution >= 0.6 is 0 Å². The Balaban J connectivity index is 2.32. The van der Waals surface area contributed by atoms with Gasteiger partial charge in [-0.15, -0.1) is 0 Å². The summed E-state index contributed by atoms with van der Waals surface area (Å²) in [6.07, 6.45) is 1.88. The molecule has 1 saturated heterocycles. The average Bonchev–Trinajstić information content (AvgIpc) is 2.85. The zero-order valence-electron chi connectivity index (χ0n) is 10.8. The predicted molar refractivity (Wildman–Crippen MR) is 66.5 cm³/mol. The van der Waals surface area contributed by atoms with E-state index in [1.165, 1.54) is 0 Å². The van der Waals surface area contributed by atoms with Crippen molar-refractivity contribution in [2.75, 3.05) is 13.2 Å². The van der Waals surface area contributed by atoms with Crippen molar-refractivity contribution in [3.63, 3.8) is 0 Å². The van der Waals surface area contributed by atoms with Crippen LogP contribution in [0.2, 0.25) is 0 Å². The van der Waals surface area contributed by atoms with Crippen molar-refractivity contribution >= 4 is 0 Å². The second kappa shape index (κ2) is 5.76. The first-order chi connectivity index (χ1) is 8.63. The summed E-state index contributed by atoms with van der Waals surface area (Å²) in [6, 6.07) is 2.35. The first kappa shape index (κ1) is 13.4. The van der Waals surface area contributed by atoms with Crippen LogP contribution in [0.15, 0.2) is 12.1 Å². The van der Waals surface area contributed by atoms with Gasteiger partial charge in [0, 0.05) is 18.2 Å². The molecule has 1 fully saturated rings. The van der Waals surface area contributed by atoms with Gasteiger partial charge in [0.2, 0.25) is 0 Å². The molecule has 0 radical (unpaired) electrons. The molecule has 0 bridgehead atoms. The highest BCUT2D eigenvalue weighted by molar-refractivity contribution is 5.29. The van der Waals surface area contributed by atoms with Gasteiger partial charge in [0.1, 0.15) is 11.6 Å². The van der Waals surface area contributed by atoms with Gasteiger partial charge in [-0.2, -0.15) is 0 Å². The number of halogens is 2. The van der Waals surface area contributed by atoms with Gasteiger partial charge in [-0.3, -0.25) is 0 Å². The summed E-state index contributed by atoms with van der Waals surface area (Å²) >= 11 is 0. The van der Waals surface area contributed by atoms with Gasteiger partial charge in [-0.1, -0.05) is 6.92 Å². The molecule has 0 aromatic heterocycles. The molecule has 1 heterocycles. The molecule has 2 rings (SSSR count). The van der Waals surface area contributed by atoms with Gasteiger partial charge in [0.15, 0.2) is 0 Å². The first-order valence-corrected chi connectivity index (χ1v) is 6.44. The van der Waals surface area contributed by atoms with E-state index in [1.54, 1.807) is 13.0 Å². The van der Waals surface area contributed by atoms with E-state index in [9.17, 15) is 8.78 Å². The van der Waals surface area contributed by atoms with Crippen LogP contribution in [0.1, 0.15) is 36.9 Å². The number of likely N-dealkylation sites (N-methyl/N-ethyl adjacent to an activating group) is 1. The van der Waals surface area contributed by atoms with Crippen molar-refractivity contribution in [3.8, 4) is 0 Å². The molecule has 0 spiro atoms. The first-order valence-electron chi connectivity index (χ1n) is 6.44. The van der Waals surface area contributed by atoms with E-state index in [-0.39, 0.29) is 12.1 Å². The number of hydrogen-bond donors (Lipinski definition) is 1. The summed E-state index contributed by atoms with van der Waals surface area (Å²) in [5.74, 6) is -1.00. The molecule has 1 aliphatic rings. The molecule has 1 aromatic carbocycles. The number of rotatable bonds is 4. The highest BCUT2D eigenvalue weighted by Crippen LogP contribution is 2.29. The van der Waals surface area contributed by atoms with E-state index < -0.39 is 11.6 Å². The monoisotopic (exact) mass is 255 g/mol. The quantitative estimate of drug-likeness (QED) is 0.892. The Morgan fingerprint density at radius 2 is 2.17 bits per heavy atom. The fraction of sp³-hybridized carbons (Fsp3) is 0.571. The van der Waals surface area contributed by atoms with E-state index in [0.717, 1.165) is 25.5 Å². The van der Waals surface area contributed by atoms with Crippen LogP contribution in [0.5, 0.6) is 0 Å². The maximum atomic E-state index is 13.9. The molecule has 18 heavy (non-hydrogen) atoms. The summed E-state index contributed by atoms with van der Waals surface area (Å²) in [4.78, 5) is 0. The van der Waals surface area contributed by atoms with Crippen LogP contribution in [-0.2, 0) is 4.74 Å². The third-order valence-corrected chi connectivity index (χ3v) is 3.37. The molecular formula is C14H19F2NO. The van der Waals surface area contributed by atoms with Crippen LogP contribution < -0.4 is 5.32 Å². The summed E-state index contributed by atoms with van der Waals surface area (Å²) in [6.45, 7) is 5.06. The van der Waals surface area contributed by atoms with Crippen molar-refractivity contribution < 1.29 is 13.5 Å². The summed E-state index contributed by atoms with van der Waals surface area (Å²) in [7, 11) is 0. The zero-order chi connectivity index (χ0) is 13.1.